The first-order chi connectivity index (χ1) is 17.3. The number of ketones is 1. The quantitative estimate of drug-likeness (QED) is 0.314. The summed E-state index contributed by atoms with van der Waals surface area (Å²) in [7, 11) is 5.34. The fraction of sp³-hybridized carbons (Fsp3) is 0.346. The normalized spacial score (nSPS) is 12.2. The molecule has 0 atom stereocenters. The largest absolute Gasteiger partial charge is 0.494 e. The molecule has 1 aromatic heterocycles. The average Bonchev–Trinajstić information content (AvgIpc) is 3.49. The van der Waals surface area contributed by atoms with Gasteiger partial charge in [0, 0.05) is 37.8 Å². The van der Waals surface area contributed by atoms with Gasteiger partial charge in [0.1, 0.15) is 10.8 Å². The lowest BCUT2D eigenvalue weighted by molar-refractivity contribution is 0.0962. The highest BCUT2D eigenvalue weighted by atomic mass is 79.9. The van der Waals surface area contributed by atoms with E-state index < -0.39 is 5.82 Å². The van der Waals surface area contributed by atoms with Gasteiger partial charge in [-0.2, -0.15) is 0 Å². The summed E-state index contributed by atoms with van der Waals surface area (Å²) in [5.74, 6) is 0.0308. The number of nitrogens with zero attached hydrogens (tertiary/aromatic N) is 3. The lowest BCUT2D eigenvalue weighted by Crippen LogP contribution is -2.30. The molecular weight excluding hydrogens is 563 g/mol. The van der Waals surface area contributed by atoms with Crippen LogP contribution in [0.5, 0.6) is 17.2 Å². The van der Waals surface area contributed by atoms with Crippen LogP contribution in [0.1, 0.15) is 35.3 Å². The molecule has 0 fully saturated rings. The van der Waals surface area contributed by atoms with Crippen molar-refractivity contribution < 1.29 is 23.4 Å². The van der Waals surface area contributed by atoms with Gasteiger partial charge in [0.2, 0.25) is 0 Å². The number of benzene rings is 2. The monoisotopic (exact) mass is 592 g/mol. The molecule has 8 nitrogen and oxygen atoms in total. The molecule has 0 aliphatic carbocycles. The summed E-state index contributed by atoms with van der Waals surface area (Å²) in [6.07, 6.45) is 1.70. The second-order valence-electron chi connectivity index (χ2n) is 8.35. The fourth-order valence-corrected chi connectivity index (χ4v) is 4.91. The van der Waals surface area contributed by atoms with E-state index in [0.29, 0.717) is 29.2 Å². The van der Waals surface area contributed by atoms with Crippen LogP contribution in [0, 0.1) is 11.2 Å². The van der Waals surface area contributed by atoms with Crippen molar-refractivity contribution in [2.75, 3.05) is 45.9 Å². The van der Waals surface area contributed by atoms with E-state index in [-0.39, 0.29) is 59.6 Å². The summed E-state index contributed by atoms with van der Waals surface area (Å²) >= 11 is 1.45. The van der Waals surface area contributed by atoms with Gasteiger partial charge < -0.3 is 24.0 Å². The fourth-order valence-electron chi connectivity index (χ4n) is 4.26. The van der Waals surface area contributed by atoms with Gasteiger partial charge in [-0.1, -0.05) is 0 Å². The minimum atomic E-state index is -0.636. The van der Waals surface area contributed by atoms with Crippen molar-refractivity contribution in [1.82, 2.24) is 9.88 Å². The molecule has 37 heavy (non-hydrogen) atoms. The first-order valence-electron chi connectivity index (χ1n) is 11.6. The lowest BCUT2D eigenvalue weighted by atomic mass is 10.0. The molecule has 3 aromatic rings. The van der Waals surface area contributed by atoms with Gasteiger partial charge in [0.15, 0.2) is 28.8 Å². The molecule has 0 radical (unpaired) electrons. The van der Waals surface area contributed by atoms with Gasteiger partial charge in [0.25, 0.3) is 0 Å². The number of hydrogen-bond acceptors (Lipinski definition) is 8. The summed E-state index contributed by atoms with van der Waals surface area (Å²) in [6, 6.07) is 5.23. The van der Waals surface area contributed by atoms with Crippen LogP contribution in [0.2, 0.25) is 0 Å². The van der Waals surface area contributed by atoms with Crippen molar-refractivity contribution in [3.8, 4) is 27.8 Å². The number of halogens is 2. The number of rotatable bonds is 10. The van der Waals surface area contributed by atoms with Crippen LogP contribution >= 0.6 is 28.3 Å². The van der Waals surface area contributed by atoms with Crippen molar-refractivity contribution in [3.63, 3.8) is 0 Å². The summed E-state index contributed by atoms with van der Waals surface area (Å²) in [4.78, 5) is 21.3. The van der Waals surface area contributed by atoms with Crippen LogP contribution in [0.15, 0.2) is 29.8 Å². The average molecular weight is 594 g/mol. The van der Waals surface area contributed by atoms with Crippen LogP contribution in [-0.4, -0.2) is 62.5 Å². The number of thiazole rings is 1. The summed E-state index contributed by atoms with van der Waals surface area (Å²) < 4.78 is 32.1. The Kier molecular flexibility index (Phi) is 9.14. The molecule has 0 spiro atoms. The third kappa shape index (κ3) is 5.42. The van der Waals surface area contributed by atoms with E-state index in [1.54, 1.807) is 43.3 Å². The van der Waals surface area contributed by atoms with Crippen molar-refractivity contribution in [1.29, 1.82) is 5.41 Å². The van der Waals surface area contributed by atoms with Crippen LogP contribution in [0.25, 0.3) is 10.6 Å². The standard InChI is InChI=1S/C26H29FN4O4S.BrH/c1-6-34-20-12-16-13-31(25(28)21(16)22(27)24(20)35-7-2)14-19(32)15-10-17(26-29-8-9-36-26)23(33-5)18(11-15)30(3)4;/h8-12,28H,6-7,13-14H2,1-5H3;1H. The SMILES string of the molecule is Br.CCOc1cc2c(c(F)c1OCC)C(=N)N(CC(=O)c1cc(-c3nccs3)c(OC)c(N(C)C)c1)C2. The maximum Gasteiger partial charge on any atom is 0.197 e. The van der Waals surface area contributed by atoms with Gasteiger partial charge in [-0.25, -0.2) is 9.37 Å². The molecule has 2 aromatic carbocycles. The molecule has 1 aliphatic rings. The molecule has 1 aliphatic heterocycles. The second-order valence-corrected chi connectivity index (χ2v) is 9.25. The van der Waals surface area contributed by atoms with E-state index >= 15 is 4.39 Å². The van der Waals surface area contributed by atoms with Crippen molar-refractivity contribution in [3.05, 3.63) is 52.3 Å². The Bertz CT molecular complexity index is 1300. The Hall–Kier alpha value is -3.18. The van der Waals surface area contributed by atoms with Gasteiger partial charge in [-0.05, 0) is 37.6 Å². The number of nitrogens with one attached hydrogen (secondary N) is 1. The molecule has 198 valence electrons. The number of anilines is 1. The van der Waals surface area contributed by atoms with E-state index in [2.05, 4.69) is 4.98 Å². The van der Waals surface area contributed by atoms with Crippen molar-refractivity contribution >= 4 is 45.6 Å². The zero-order chi connectivity index (χ0) is 26.0. The van der Waals surface area contributed by atoms with E-state index in [1.165, 1.54) is 11.3 Å². The predicted molar refractivity (Wildman–Crippen MR) is 149 cm³/mol. The van der Waals surface area contributed by atoms with E-state index in [4.69, 9.17) is 19.6 Å². The Morgan fingerprint density at radius 2 is 1.92 bits per heavy atom. The Morgan fingerprint density at radius 1 is 1.19 bits per heavy atom. The summed E-state index contributed by atoms with van der Waals surface area (Å²) in [6.45, 7) is 4.32. The molecule has 1 N–H and O–H groups in total. The number of carbonyl (C=O) groups is 1. The molecule has 0 saturated carbocycles. The van der Waals surface area contributed by atoms with Gasteiger partial charge >= 0.3 is 0 Å². The smallest absolute Gasteiger partial charge is 0.197 e. The Balaban J connectivity index is 0.00000380. The van der Waals surface area contributed by atoms with Crippen molar-refractivity contribution in [2.24, 2.45) is 0 Å². The molecular formula is C26H30BrFN4O4S. The zero-order valence-electron chi connectivity index (χ0n) is 21.4. The molecule has 0 saturated heterocycles. The van der Waals surface area contributed by atoms with E-state index in [9.17, 15) is 4.79 Å². The number of carbonyl (C=O) groups excluding carboxylic acids is 1. The van der Waals surface area contributed by atoms with Gasteiger partial charge in [0.05, 0.1) is 43.7 Å². The topological polar surface area (TPSA) is 88.0 Å². The van der Waals surface area contributed by atoms with Crippen LogP contribution in [0.3, 0.4) is 0 Å². The third-order valence-electron chi connectivity index (χ3n) is 5.85. The van der Waals surface area contributed by atoms with E-state index in [1.807, 2.05) is 31.3 Å². The first-order valence-corrected chi connectivity index (χ1v) is 12.5. The zero-order valence-corrected chi connectivity index (χ0v) is 23.9. The molecule has 4 rings (SSSR count). The summed E-state index contributed by atoms with van der Waals surface area (Å²) in [5.41, 5.74) is 2.64. The number of hydrogen-bond donors (Lipinski definition) is 1. The van der Waals surface area contributed by atoms with Crippen LogP contribution < -0.4 is 19.1 Å². The highest BCUT2D eigenvalue weighted by molar-refractivity contribution is 8.93. The van der Waals surface area contributed by atoms with E-state index in [0.717, 1.165) is 16.3 Å². The third-order valence-corrected chi connectivity index (χ3v) is 6.65. The lowest BCUT2D eigenvalue weighted by Gasteiger charge is -2.21. The number of amidine groups is 1. The van der Waals surface area contributed by atoms with Crippen LogP contribution in [-0.2, 0) is 6.54 Å². The highest BCUT2D eigenvalue weighted by Crippen LogP contribution is 2.41. The minimum absolute atomic E-state index is 0. The molecule has 0 unspecified atom stereocenters. The maximum atomic E-state index is 15.4. The number of methoxy groups -OCH3 is 1. The Labute approximate surface area is 230 Å². The number of aromatic nitrogens is 1. The van der Waals surface area contributed by atoms with Crippen molar-refractivity contribution in [2.45, 2.75) is 20.4 Å². The van der Waals surface area contributed by atoms with Gasteiger partial charge in [-0.3, -0.25) is 10.2 Å². The second kappa shape index (κ2) is 11.9. The highest BCUT2D eigenvalue weighted by Gasteiger charge is 2.33. The molecule has 0 amide bonds. The Morgan fingerprint density at radius 3 is 2.51 bits per heavy atom. The molecule has 2 heterocycles. The molecule has 11 heteroatoms. The number of fused-ring (bicyclic) bond motifs is 1. The minimum Gasteiger partial charge on any atom is -0.494 e. The number of ether oxygens (including phenoxy) is 3. The molecule has 0 bridgehead atoms. The summed E-state index contributed by atoms with van der Waals surface area (Å²) in [5, 5.41) is 11.2. The first kappa shape index (κ1) is 28.4. The van der Waals surface area contributed by atoms with Crippen LogP contribution in [0.4, 0.5) is 10.1 Å². The predicted octanol–water partition coefficient (Wildman–Crippen LogP) is 5.42. The maximum absolute atomic E-state index is 15.4. The van der Waals surface area contributed by atoms with Gasteiger partial charge in [-0.15, -0.1) is 28.3 Å². The number of Topliss-reactive ketones (excluding diaryl/α,β-unsaturated/α-hetero) is 1.